The Labute approximate surface area is 214 Å². The number of hydrogen-bond acceptors (Lipinski definition) is 6. The molecule has 0 unspecified atom stereocenters. The Hall–Kier alpha value is -3.01. The molecule has 7 nitrogen and oxygen atoms in total. The van der Waals surface area contributed by atoms with Gasteiger partial charge in [0.25, 0.3) is 15.9 Å². The zero-order chi connectivity index (χ0) is 24.8. The molecule has 3 aromatic carbocycles. The van der Waals surface area contributed by atoms with Crippen molar-refractivity contribution in [3.05, 3.63) is 88.9 Å². The maximum absolute atomic E-state index is 13.4. The molecule has 0 aromatic heterocycles. The minimum absolute atomic E-state index is 0.0762. The van der Waals surface area contributed by atoms with Crippen molar-refractivity contribution in [3.8, 4) is 5.75 Å². The van der Waals surface area contributed by atoms with Crippen molar-refractivity contribution in [2.24, 2.45) is 5.10 Å². The van der Waals surface area contributed by atoms with E-state index in [1.807, 2.05) is 36.0 Å². The summed E-state index contributed by atoms with van der Waals surface area (Å²) in [6.45, 7) is 1.28. The zero-order valence-electron chi connectivity index (χ0n) is 18.9. The molecule has 1 heterocycles. The fourth-order valence-electron chi connectivity index (χ4n) is 3.41. The Balaban J connectivity index is 1.50. The number of benzene rings is 3. The molecule has 0 bridgehead atoms. The molecule has 1 fully saturated rings. The smallest absolute Gasteiger partial charge is 0.264 e. The van der Waals surface area contributed by atoms with E-state index >= 15 is 0 Å². The number of thioether (sulfide) groups is 1. The first-order chi connectivity index (χ1) is 16.8. The van der Waals surface area contributed by atoms with Crippen molar-refractivity contribution < 1.29 is 17.9 Å². The fraction of sp³-hybridized carbons (Fsp3) is 0.200. The van der Waals surface area contributed by atoms with Crippen LogP contribution in [0.5, 0.6) is 5.75 Å². The second kappa shape index (κ2) is 11.2. The second-order valence-corrected chi connectivity index (χ2v) is 11.3. The van der Waals surface area contributed by atoms with Gasteiger partial charge in [-0.1, -0.05) is 41.9 Å². The molecule has 0 aliphatic carbocycles. The average molecular weight is 530 g/mol. The summed E-state index contributed by atoms with van der Waals surface area (Å²) in [5.74, 6) is 2.10. The van der Waals surface area contributed by atoms with Gasteiger partial charge in [0.1, 0.15) is 18.4 Å². The van der Waals surface area contributed by atoms with Crippen LogP contribution in [0, 0.1) is 6.92 Å². The van der Waals surface area contributed by atoms with Crippen LogP contribution in [-0.4, -0.2) is 44.7 Å². The molecule has 1 saturated heterocycles. The van der Waals surface area contributed by atoms with E-state index in [0.717, 1.165) is 27.1 Å². The summed E-state index contributed by atoms with van der Waals surface area (Å²) >= 11 is 7.90. The minimum atomic E-state index is -4.02. The highest BCUT2D eigenvalue weighted by atomic mass is 35.5. The quantitative estimate of drug-likeness (QED) is 0.326. The number of carbonyl (C=O) groups excluding carboxylic acids is 1. The molecule has 0 spiro atoms. The lowest BCUT2D eigenvalue weighted by molar-refractivity contribution is -0.119. The fourth-order valence-corrected chi connectivity index (χ4v) is 5.70. The van der Waals surface area contributed by atoms with Crippen LogP contribution in [-0.2, 0) is 14.8 Å². The molecule has 35 heavy (non-hydrogen) atoms. The molecule has 0 atom stereocenters. The molecular formula is C25H24ClN3O4S2. The predicted molar refractivity (Wildman–Crippen MR) is 141 cm³/mol. The lowest BCUT2D eigenvalue weighted by atomic mass is 10.2. The summed E-state index contributed by atoms with van der Waals surface area (Å²) in [5, 5.41) is 4.48. The topological polar surface area (TPSA) is 88.1 Å². The number of hydrogen-bond donors (Lipinski definition) is 1. The van der Waals surface area contributed by atoms with Gasteiger partial charge in [0, 0.05) is 16.5 Å². The number of ether oxygens (including phenoxy) is 1. The number of anilines is 1. The number of nitrogens with one attached hydrogen (secondary N) is 1. The third-order valence-electron chi connectivity index (χ3n) is 5.22. The third kappa shape index (κ3) is 6.36. The maximum atomic E-state index is 13.4. The Bertz CT molecular complexity index is 1330. The summed E-state index contributed by atoms with van der Waals surface area (Å²) in [6, 6.07) is 20.2. The second-order valence-electron chi connectivity index (χ2n) is 7.90. The van der Waals surface area contributed by atoms with E-state index < -0.39 is 22.5 Å². The first kappa shape index (κ1) is 25.1. The normalized spacial score (nSPS) is 13.9. The van der Waals surface area contributed by atoms with Crippen molar-refractivity contribution in [3.63, 3.8) is 0 Å². The molecule has 1 N–H and O–H groups in total. The first-order valence-electron chi connectivity index (χ1n) is 10.8. The van der Waals surface area contributed by atoms with E-state index in [1.165, 1.54) is 18.3 Å². The highest BCUT2D eigenvalue weighted by Gasteiger charge is 2.28. The molecule has 0 radical (unpaired) electrons. The van der Waals surface area contributed by atoms with Crippen LogP contribution in [0.1, 0.15) is 11.1 Å². The lowest BCUT2D eigenvalue weighted by Crippen LogP contribution is -2.40. The molecule has 4 rings (SSSR count). The molecule has 1 aliphatic rings. The third-order valence-corrected chi connectivity index (χ3v) is 8.44. The first-order valence-corrected chi connectivity index (χ1v) is 13.8. The lowest BCUT2D eigenvalue weighted by Gasteiger charge is -2.25. The summed E-state index contributed by atoms with van der Waals surface area (Å²) in [4.78, 5) is 12.8. The molecule has 1 aliphatic heterocycles. The van der Waals surface area contributed by atoms with Gasteiger partial charge in [-0.25, -0.2) is 13.8 Å². The molecule has 0 saturated carbocycles. The predicted octanol–water partition coefficient (Wildman–Crippen LogP) is 4.49. The number of aryl methyl sites for hydroxylation is 1. The summed E-state index contributed by atoms with van der Waals surface area (Å²) in [7, 11) is -4.02. The highest BCUT2D eigenvalue weighted by Crippen LogP contribution is 2.29. The van der Waals surface area contributed by atoms with Crippen molar-refractivity contribution >= 4 is 51.2 Å². The number of hydrazone groups is 1. The van der Waals surface area contributed by atoms with Gasteiger partial charge in [-0.3, -0.25) is 9.10 Å². The Morgan fingerprint density at radius 1 is 1.14 bits per heavy atom. The summed E-state index contributed by atoms with van der Waals surface area (Å²) < 4.78 is 33.8. The van der Waals surface area contributed by atoms with Crippen molar-refractivity contribution in [1.82, 2.24) is 5.43 Å². The largest absolute Gasteiger partial charge is 0.489 e. The zero-order valence-corrected chi connectivity index (χ0v) is 21.3. The Kier molecular flexibility index (Phi) is 8.00. The molecule has 182 valence electrons. The van der Waals surface area contributed by atoms with Crippen LogP contribution in [0.4, 0.5) is 5.69 Å². The molecule has 3 aromatic rings. The van der Waals surface area contributed by atoms with Gasteiger partial charge < -0.3 is 4.74 Å². The van der Waals surface area contributed by atoms with Gasteiger partial charge in [0.15, 0.2) is 0 Å². The number of amides is 1. The number of rotatable bonds is 9. The average Bonchev–Trinajstić information content (AvgIpc) is 2.81. The van der Waals surface area contributed by atoms with Crippen LogP contribution in [0.15, 0.2) is 82.8 Å². The van der Waals surface area contributed by atoms with Crippen molar-refractivity contribution in [1.29, 1.82) is 0 Å². The van der Waals surface area contributed by atoms with Crippen LogP contribution in [0.2, 0.25) is 5.02 Å². The Morgan fingerprint density at radius 2 is 1.91 bits per heavy atom. The van der Waals surface area contributed by atoms with Gasteiger partial charge in [-0.05, 0) is 60.5 Å². The van der Waals surface area contributed by atoms with E-state index in [1.54, 1.807) is 43.3 Å². The van der Waals surface area contributed by atoms with E-state index in [9.17, 15) is 13.2 Å². The van der Waals surface area contributed by atoms with E-state index in [-0.39, 0.29) is 11.0 Å². The maximum Gasteiger partial charge on any atom is 0.264 e. The van der Waals surface area contributed by atoms with E-state index in [0.29, 0.717) is 16.3 Å². The van der Waals surface area contributed by atoms with Gasteiger partial charge in [-0.15, -0.1) is 0 Å². The van der Waals surface area contributed by atoms with Crippen LogP contribution >= 0.6 is 23.4 Å². The SMILES string of the molecule is Cc1cc(Cl)ccc1N(CC(=O)N/N=C\c1cccc(OC2CSC2)c1)S(=O)(=O)c1ccccc1. The van der Waals surface area contributed by atoms with E-state index in [2.05, 4.69) is 10.5 Å². The number of carbonyl (C=O) groups is 1. The van der Waals surface area contributed by atoms with Gasteiger partial charge in [0.2, 0.25) is 0 Å². The van der Waals surface area contributed by atoms with Crippen LogP contribution < -0.4 is 14.5 Å². The van der Waals surface area contributed by atoms with Crippen molar-refractivity contribution in [2.45, 2.75) is 17.9 Å². The number of halogens is 1. The standard InChI is InChI=1S/C25H24ClN3O4S2/c1-18-12-20(26)10-11-24(18)29(35(31,32)23-8-3-2-4-9-23)15-25(30)28-27-14-19-6-5-7-21(13-19)33-22-16-34-17-22/h2-14,22H,15-17H2,1H3,(H,28,30)/b27-14-. The number of sulfonamides is 1. The van der Waals surface area contributed by atoms with Crippen molar-refractivity contribution in [2.75, 3.05) is 22.4 Å². The minimum Gasteiger partial charge on any atom is -0.489 e. The summed E-state index contributed by atoms with van der Waals surface area (Å²) in [6.07, 6.45) is 1.71. The monoisotopic (exact) mass is 529 g/mol. The Morgan fingerprint density at radius 3 is 2.60 bits per heavy atom. The highest BCUT2D eigenvalue weighted by molar-refractivity contribution is 8.00. The molecule has 1 amide bonds. The van der Waals surface area contributed by atoms with Gasteiger partial charge >= 0.3 is 0 Å². The van der Waals surface area contributed by atoms with Crippen LogP contribution in [0.3, 0.4) is 0 Å². The number of nitrogens with zero attached hydrogens (tertiary/aromatic N) is 2. The van der Waals surface area contributed by atoms with E-state index in [4.69, 9.17) is 16.3 Å². The van der Waals surface area contributed by atoms with Gasteiger partial charge in [-0.2, -0.15) is 16.9 Å². The van der Waals surface area contributed by atoms with Crippen LogP contribution in [0.25, 0.3) is 0 Å². The summed E-state index contributed by atoms with van der Waals surface area (Å²) in [5.41, 5.74) is 4.15. The van der Waals surface area contributed by atoms with Gasteiger partial charge in [0.05, 0.1) is 16.8 Å². The molecular weight excluding hydrogens is 506 g/mol. The molecule has 10 heteroatoms.